The summed E-state index contributed by atoms with van der Waals surface area (Å²) in [5.74, 6) is -0.660. The SMILES string of the molecule is Cc1ccc(S(=O)(=O)N[C@@H](Cc2ccc(C3CC(=O)NS3(O)O)cc2)c2nc3ccccc3[nH]2)cc1F. The Kier molecular flexibility index (Phi) is 6.54. The van der Waals surface area contributed by atoms with Gasteiger partial charge in [0.25, 0.3) is 0 Å². The molecule has 9 nitrogen and oxygen atoms in total. The molecule has 37 heavy (non-hydrogen) atoms. The maximum Gasteiger partial charge on any atom is 0.241 e. The van der Waals surface area contributed by atoms with Gasteiger partial charge in [-0.3, -0.25) is 18.6 Å². The molecule has 0 aliphatic carbocycles. The summed E-state index contributed by atoms with van der Waals surface area (Å²) in [4.78, 5) is 19.2. The first-order chi connectivity index (χ1) is 17.5. The molecule has 1 aliphatic rings. The van der Waals surface area contributed by atoms with Crippen LogP contribution in [0, 0.1) is 12.7 Å². The van der Waals surface area contributed by atoms with Crippen LogP contribution in [0.2, 0.25) is 0 Å². The zero-order valence-electron chi connectivity index (χ0n) is 19.7. The Bertz CT molecular complexity index is 1560. The number of sulfonamides is 1. The fraction of sp³-hybridized carbons (Fsp3) is 0.200. The van der Waals surface area contributed by atoms with Crippen LogP contribution in [-0.4, -0.2) is 33.4 Å². The summed E-state index contributed by atoms with van der Waals surface area (Å²) in [6, 6.07) is 17.1. The van der Waals surface area contributed by atoms with Gasteiger partial charge in [0.1, 0.15) is 16.9 Å². The highest BCUT2D eigenvalue weighted by molar-refractivity contribution is 8.23. The molecule has 3 aromatic carbocycles. The van der Waals surface area contributed by atoms with Gasteiger partial charge in [0.2, 0.25) is 15.9 Å². The molecule has 5 N–H and O–H groups in total. The fourth-order valence-electron chi connectivity index (χ4n) is 4.30. The molecule has 4 aromatic rings. The van der Waals surface area contributed by atoms with Gasteiger partial charge in [-0.2, -0.15) is 0 Å². The first kappa shape index (κ1) is 25.4. The van der Waals surface area contributed by atoms with Crippen LogP contribution >= 0.6 is 10.8 Å². The average Bonchev–Trinajstić information content (AvgIpc) is 3.40. The monoisotopic (exact) mass is 544 g/mol. The highest BCUT2D eigenvalue weighted by Gasteiger charge is 2.38. The summed E-state index contributed by atoms with van der Waals surface area (Å²) < 4.78 is 65.8. The van der Waals surface area contributed by atoms with Crippen molar-refractivity contribution in [3.05, 3.63) is 95.1 Å². The van der Waals surface area contributed by atoms with E-state index in [4.69, 9.17) is 0 Å². The molecule has 0 spiro atoms. The van der Waals surface area contributed by atoms with Gasteiger partial charge in [-0.15, -0.1) is 10.8 Å². The van der Waals surface area contributed by atoms with E-state index in [1.54, 1.807) is 37.3 Å². The zero-order valence-corrected chi connectivity index (χ0v) is 21.3. The summed E-state index contributed by atoms with van der Waals surface area (Å²) in [5, 5.41) is -0.754. The molecule has 194 valence electrons. The lowest BCUT2D eigenvalue weighted by molar-refractivity contribution is -0.118. The molecule has 1 unspecified atom stereocenters. The topological polar surface area (TPSA) is 144 Å². The van der Waals surface area contributed by atoms with Gasteiger partial charge in [0.15, 0.2) is 0 Å². The van der Waals surface area contributed by atoms with Crippen LogP contribution in [0.25, 0.3) is 11.0 Å². The summed E-state index contributed by atoms with van der Waals surface area (Å²) in [7, 11) is -7.39. The normalized spacial score (nSPS) is 19.0. The molecule has 1 aromatic heterocycles. The van der Waals surface area contributed by atoms with Crippen molar-refractivity contribution >= 4 is 37.7 Å². The molecular formula is C25H25FN4O5S2. The number of hydrogen-bond acceptors (Lipinski definition) is 6. The molecule has 0 bridgehead atoms. The maximum absolute atomic E-state index is 14.1. The Labute approximate surface area is 214 Å². The van der Waals surface area contributed by atoms with Gasteiger partial charge in [0.05, 0.1) is 28.4 Å². The largest absolute Gasteiger partial charge is 0.341 e. The van der Waals surface area contributed by atoms with Crippen LogP contribution in [0.15, 0.2) is 71.6 Å². The molecule has 2 atom stereocenters. The predicted octanol–water partition coefficient (Wildman–Crippen LogP) is 4.50. The van der Waals surface area contributed by atoms with E-state index in [1.165, 1.54) is 12.1 Å². The number of nitrogens with zero attached hydrogens (tertiary/aromatic N) is 1. The number of aromatic nitrogens is 2. The number of rotatable bonds is 7. The van der Waals surface area contributed by atoms with E-state index in [2.05, 4.69) is 19.4 Å². The molecular weight excluding hydrogens is 519 g/mol. The quantitative estimate of drug-likeness (QED) is 0.232. The van der Waals surface area contributed by atoms with Crippen molar-refractivity contribution in [2.24, 2.45) is 0 Å². The Morgan fingerprint density at radius 3 is 2.51 bits per heavy atom. The summed E-state index contributed by atoms with van der Waals surface area (Å²) in [6.07, 6.45) is 0.169. The van der Waals surface area contributed by atoms with Gasteiger partial charge < -0.3 is 4.98 Å². The van der Waals surface area contributed by atoms with E-state index in [-0.39, 0.29) is 17.7 Å². The lowest BCUT2D eigenvalue weighted by Crippen LogP contribution is -2.31. The third kappa shape index (κ3) is 5.24. The Morgan fingerprint density at radius 1 is 1.14 bits per heavy atom. The summed E-state index contributed by atoms with van der Waals surface area (Å²) in [5.41, 5.74) is 3.06. The standard InChI is InChI=1S/C25H25FN4O5S2/c1-15-6-11-18(13-19(15)26)36(32,33)29-22(25-27-20-4-2-3-5-21(20)28-25)12-16-7-9-17(10-8-16)23-14-24(31)30-37(23,34)35/h2-11,13,22-23,29,34-35H,12,14H2,1H3,(H,27,28)(H,30,31)/t22-,23?/m0/s1. The predicted molar refractivity (Wildman–Crippen MR) is 139 cm³/mol. The third-order valence-electron chi connectivity index (χ3n) is 6.31. The lowest BCUT2D eigenvalue weighted by Gasteiger charge is -2.32. The van der Waals surface area contributed by atoms with Crippen LogP contribution in [0.3, 0.4) is 0 Å². The molecule has 0 saturated carbocycles. The minimum Gasteiger partial charge on any atom is -0.341 e. The van der Waals surface area contributed by atoms with E-state index in [0.717, 1.165) is 17.1 Å². The number of aryl methyl sites for hydroxylation is 1. The summed E-state index contributed by atoms with van der Waals surface area (Å²) in [6.45, 7) is 1.55. The van der Waals surface area contributed by atoms with Crippen molar-refractivity contribution < 1.29 is 26.7 Å². The number of para-hydroxylation sites is 2. The molecule has 1 aliphatic heterocycles. The highest BCUT2D eigenvalue weighted by Crippen LogP contribution is 2.56. The lowest BCUT2D eigenvalue weighted by atomic mass is 10.0. The van der Waals surface area contributed by atoms with Crippen molar-refractivity contribution in [2.75, 3.05) is 0 Å². The first-order valence-corrected chi connectivity index (χ1v) is 14.5. The van der Waals surface area contributed by atoms with Crippen molar-refractivity contribution in [2.45, 2.75) is 36.0 Å². The van der Waals surface area contributed by atoms with Crippen LogP contribution in [0.5, 0.6) is 0 Å². The van der Waals surface area contributed by atoms with Gasteiger partial charge in [-0.05, 0) is 54.3 Å². The molecule has 1 amide bonds. The van der Waals surface area contributed by atoms with E-state index in [9.17, 15) is 26.7 Å². The van der Waals surface area contributed by atoms with Gasteiger partial charge in [0, 0.05) is 0 Å². The van der Waals surface area contributed by atoms with Crippen LogP contribution in [-0.2, 0) is 21.2 Å². The first-order valence-electron chi connectivity index (χ1n) is 11.4. The van der Waals surface area contributed by atoms with Crippen LogP contribution < -0.4 is 9.44 Å². The van der Waals surface area contributed by atoms with Gasteiger partial charge in [-0.1, -0.05) is 42.5 Å². The second-order valence-corrected chi connectivity index (χ2v) is 12.7. The number of fused-ring (bicyclic) bond motifs is 1. The minimum absolute atomic E-state index is 0.0315. The van der Waals surface area contributed by atoms with Gasteiger partial charge >= 0.3 is 0 Å². The Morgan fingerprint density at radius 2 is 1.86 bits per heavy atom. The molecule has 2 heterocycles. The Balaban J connectivity index is 1.46. The number of carbonyl (C=O) groups excluding carboxylic acids is 1. The molecule has 1 fully saturated rings. The van der Waals surface area contributed by atoms with Crippen molar-refractivity contribution in [3.8, 4) is 0 Å². The number of carbonyl (C=O) groups is 1. The second kappa shape index (κ2) is 9.54. The number of halogens is 1. The fourth-order valence-corrected chi connectivity index (χ4v) is 7.00. The number of hydrogen-bond donors (Lipinski definition) is 5. The number of imidazole rings is 1. The molecule has 12 heteroatoms. The summed E-state index contributed by atoms with van der Waals surface area (Å²) >= 11 is 0. The third-order valence-corrected chi connectivity index (χ3v) is 9.54. The number of nitrogens with one attached hydrogen (secondary N) is 3. The maximum atomic E-state index is 14.1. The van der Waals surface area contributed by atoms with E-state index in [1.807, 2.05) is 18.2 Å². The van der Waals surface area contributed by atoms with Crippen LogP contribution in [0.4, 0.5) is 4.39 Å². The van der Waals surface area contributed by atoms with Crippen molar-refractivity contribution in [3.63, 3.8) is 0 Å². The molecule has 1 saturated heterocycles. The number of aromatic amines is 1. The molecule has 5 rings (SSSR count). The smallest absolute Gasteiger partial charge is 0.241 e. The zero-order chi connectivity index (χ0) is 26.4. The Hall–Kier alpha value is -3.29. The van der Waals surface area contributed by atoms with Crippen LogP contribution in [0.1, 0.15) is 40.2 Å². The minimum atomic E-state index is -4.11. The van der Waals surface area contributed by atoms with E-state index in [0.29, 0.717) is 22.5 Å². The van der Waals surface area contributed by atoms with E-state index >= 15 is 0 Å². The van der Waals surface area contributed by atoms with Crippen molar-refractivity contribution in [1.29, 1.82) is 0 Å². The van der Waals surface area contributed by atoms with Crippen molar-refractivity contribution in [1.82, 2.24) is 19.4 Å². The highest BCUT2D eigenvalue weighted by atomic mass is 32.3. The number of benzene rings is 3. The second-order valence-electron chi connectivity index (χ2n) is 8.98. The number of H-pyrrole nitrogens is 1. The average molecular weight is 545 g/mol. The van der Waals surface area contributed by atoms with E-state index < -0.39 is 43.8 Å². The molecule has 0 radical (unpaired) electrons. The number of amides is 1. The van der Waals surface area contributed by atoms with Gasteiger partial charge in [-0.25, -0.2) is 22.5 Å².